The largest absolute Gasteiger partial charge is 0.352 e. The third kappa shape index (κ3) is 8.89. The molecule has 1 unspecified atom stereocenters. The van der Waals surface area contributed by atoms with Crippen molar-refractivity contribution < 1.29 is 18.0 Å². The minimum Gasteiger partial charge on any atom is -0.352 e. The third-order valence-corrected chi connectivity index (χ3v) is 10.7. The van der Waals surface area contributed by atoms with Crippen LogP contribution >= 0.6 is 0 Å². The van der Waals surface area contributed by atoms with Gasteiger partial charge < -0.3 is 10.2 Å². The molecule has 4 aromatic rings. The van der Waals surface area contributed by atoms with E-state index in [1.54, 1.807) is 35.2 Å². The zero-order chi connectivity index (χ0) is 33.2. The quantitative estimate of drug-likeness (QED) is 0.167. The van der Waals surface area contributed by atoms with Crippen LogP contribution in [0.15, 0.2) is 120 Å². The second-order valence-electron chi connectivity index (χ2n) is 12.6. The van der Waals surface area contributed by atoms with Gasteiger partial charge in [-0.3, -0.25) is 13.9 Å². The fourth-order valence-corrected chi connectivity index (χ4v) is 7.59. The van der Waals surface area contributed by atoms with Crippen molar-refractivity contribution in [2.24, 2.45) is 0 Å². The zero-order valence-electron chi connectivity index (χ0n) is 27.3. The Hall–Kier alpha value is -4.43. The van der Waals surface area contributed by atoms with Gasteiger partial charge in [0.15, 0.2) is 0 Å². The first-order chi connectivity index (χ1) is 22.7. The number of hydrogen-bond donors (Lipinski definition) is 1. The summed E-state index contributed by atoms with van der Waals surface area (Å²) < 4.78 is 29.6. The van der Waals surface area contributed by atoms with Crippen molar-refractivity contribution in [1.82, 2.24) is 10.2 Å². The molecule has 1 aliphatic rings. The summed E-state index contributed by atoms with van der Waals surface area (Å²) in [6.07, 6.45) is 5.39. The number of rotatable bonds is 13. The highest BCUT2D eigenvalue weighted by molar-refractivity contribution is 7.92. The Labute approximate surface area is 279 Å². The van der Waals surface area contributed by atoms with Gasteiger partial charge in [0.1, 0.15) is 12.6 Å². The van der Waals surface area contributed by atoms with E-state index in [2.05, 4.69) is 19.2 Å². The van der Waals surface area contributed by atoms with E-state index in [1.807, 2.05) is 72.8 Å². The highest BCUT2D eigenvalue weighted by Gasteiger charge is 2.35. The van der Waals surface area contributed by atoms with Crippen molar-refractivity contribution in [1.29, 1.82) is 0 Å². The topological polar surface area (TPSA) is 86.8 Å². The number of amides is 2. The van der Waals surface area contributed by atoms with Gasteiger partial charge in [-0.2, -0.15) is 0 Å². The Morgan fingerprint density at radius 3 is 1.87 bits per heavy atom. The van der Waals surface area contributed by atoms with Gasteiger partial charge in [0.05, 0.1) is 10.6 Å². The predicted octanol–water partition coefficient (Wildman–Crippen LogP) is 7.09. The number of anilines is 1. The molecule has 7 nitrogen and oxygen atoms in total. The van der Waals surface area contributed by atoms with E-state index in [-0.39, 0.29) is 29.3 Å². The molecule has 0 heterocycles. The standard InChI is InChI=1S/C39H45N3O4S/c1-30(2)33-23-25-35(26-24-33)42(47(45,46)36-21-13-6-14-22-36)29-38(43)41(28-32-17-9-4-10-18-32)37(27-31-15-7-3-8-16-31)39(44)40-34-19-11-5-12-20-34/h3-4,6-10,13-18,21-26,30,34,37H,5,11-12,19-20,27-29H2,1-2H3,(H,40,44). The molecule has 5 rings (SSSR count). The predicted molar refractivity (Wildman–Crippen MR) is 187 cm³/mol. The van der Waals surface area contributed by atoms with Gasteiger partial charge in [0, 0.05) is 19.0 Å². The van der Waals surface area contributed by atoms with Gasteiger partial charge in [0.25, 0.3) is 10.0 Å². The summed E-state index contributed by atoms with van der Waals surface area (Å²) in [6.45, 7) is 3.83. The lowest BCUT2D eigenvalue weighted by molar-refractivity contribution is -0.140. The van der Waals surface area contributed by atoms with Crippen molar-refractivity contribution >= 4 is 27.5 Å². The first-order valence-electron chi connectivity index (χ1n) is 16.6. The molecule has 1 atom stereocenters. The van der Waals surface area contributed by atoms with Crippen molar-refractivity contribution in [2.75, 3.05) is 10.8 Å². The number of nitrogens with zero attached hydrogens (tertiary/aromatic N) is 2. The number of sulfonamides is 1. The Balaban J connectivity index is 1.55. The molecular formula is C39H45N3O4S. The third-order valence-electron chi connectivity index (χ3n) is 8.88. The SMILES string of the molecule is CC(C)c1ccc(N(CC(=O)N(Cc2ccccc2)C(Cc2ccccc2)C(=O)NC2CCCCC2)S(=O)(=O)c2ccccc2)cc1. The van der Waals surface area contributed by atoms with Crippen LogP contribution in [-0.4, -0.2) is 43.8 Å². The fraction of sp³-hybridized carbons (Fsp3) is 0.333. The van der Waals surface area contributed by atoms with Crippen LogP contribution in [-0.2, 0) is 32.6 Å². The van der Waals surface area contributed by atoms with E-state index in [0.717, 1.165) is 48.8 Å². The summed E-state index contributed by atoms with van der Waals surface area (Å²) in [5, 5.41) is 3.25. The molecule has 47 heavy (non-hydrogen) atoms. The summed E-state index contributed by atoms with van der Waals surface area (Å²) in [6, 6.07) is 33.9. The normalized spacial score (nSPS) is 14.4. The molecule has 0 saturated heterocycles. The second kappa shape index (κ2) is 15.9. The molecule has 4 aromatic carbocycles. The molecule has 0 aliphatic heterocycles. The van der Waals surface area contributed by atoms with Gasteiger partial charge in [-0.25, -0.2) is 8.42 Å². The van der Waals surface area contributed by atoms with Gasteiger partial charge in [-0.1, -0.05) is 124 Å². The van der Waals surface area contributed by atoms with Crippen molar-refractivity contribution in [3.8, 4) is 0 Å². The number of nitrogens with one attached hydrogen (secondary N) is 1. The summed E-state index contributed by atoms with van der Waals surface area (Å²) in [7, 11) is -4.13. The van der Waals surface area contributed by atoms with Crippen molar-refractivity contribution in [2.45, 2.75) is 81.8 Å². The van der Waals surface area contributed by atoms with E-state index in [4.69, 9.17) is 0 Å². The summed E-state index contributed by atoms with van der Waals surface area (Å²) in [5.74, 6) is -0.419. The minimum atomic E-state index is -4.13. The Morgan fingerprint density at radius 2 is 1.30 bits per heavy atom. The highest BCUT2D eigenvalue weighted by atomic mass is 32.2. The van der Waals surface area contributed by atoms with Crippen LogP contribution in [0.3, 0.4) is 0 Å². The van der Waals surface area contributed by atoms with Crippen LogP contribution in [0.2, 0.25) is 0 Å². The molecule has 0 aromatic heterocycles. The second-order valence-corrected chi connectivity index (χ2v) is 14.5. The van der Waals surface area contributed by atoms with E-state index in [1.165, 1.54) is 16.4 Å². The van der Waals surface area contributed by atoms with Crippen LogP contribution in [0.5, 0.6) is 0 Å². The molecule has 8 heteroatoms. The minimum absolute atomic E-state index is 0.0534. The van der Waals surface area contributed by atoms with E-state index < -0.39 is 28.5 Å². The Morgan fingerprint density at radius 1 is 0.745 bits per heavy atom. The van der Waals surface area contributed by atoms with Gasteiger partial charge >= 0.3 is 0 Å². The number of benzene rings is 4. The molecule has 1 fully saturated rings. The number of carbonyl (C=O) groups excluding carboxylic acids is 2. The summed E-state index contributed by atoms with van der Waals surface area (Å²) >= 11 is 0. The lowest BCUT2D eigenvalue weighted by Gasteiger charge is -2.35. The molecular weight excluding hydrogens is 607 g/mol. The average Bonchev–Trinajstić information content (AvgIpc) is 3.10. The molecule has 1 aliphatic carbocycles. The van der Waals surface area contributed by atoms with E-state index in [9.17, 15) is 18.0 Å². The van der Waals surface area contributed by atoms with Crippen molar-refractivity contribution in [3.05, 3.63) is 132 Å². The summed E-state index contributed by atoms with van der Waals surface area (Å²) in [4.78, 5) is 30.5. The molecule has 2 amide bonds. The van der Waals surface area contributed by atoms with Crippen LogP contribution in [0.1, 0.15) is 68.6 Å². The van der Waals surface area contributed by atoms with Crippen molar-refractivity contribution in [3.63, 3.8) is 0 Å². The fourth-order valence-electron chi connectivity index (χ4n) is 6.15. The molecule has 0 radical (unpaired) electrons. The molecule has 0 bridgehead atoms. The summed E-state index contributed by atoms with van der Waals surface area (Å²) in [5.41, 5.74) is 3.21. The van der Waals surface area contributed by atoms with Gasteiger partial charge in [-0.15, -0.1) is 0 Å². The Bertz CT molecular complexity index is 1690. The maximum Gasteiger partial charge on any atom is 0.264 e. The zero-order valence-corrected chi connectivity index (χ0v) is 28.1. The van der Waals surface area contributed by atoms with Crippen LogP contribution < -0.4 is 9.62 Å². The smallest absolute Gasteiger partial charge is 0.264 e. The van der Waals surface area contributed by atoms with Crippen LogP contribution in [0, 0.1) is 0 Å². The monoisotopic (exact) mass is 651 g/mol. The molecule has 1 saturated carbocycles. The molecule has 1 N–H and O–H groups in total. The average molecular weight is 652 g/mol. The highest BCUT2D eigenvalue weighted by Crippen LogP contribution is 2.27. The number of hydrogen-bond acceptors (Lipinski definition) is 4. The first kappa shape index (κ1) is 33.9. The van der Waals surface area contributed by atoms with Gasteiger partial charge in [-0.05, 0) is 59.7 Å². The number of carbonyl (C=O) groups is 2. The molecule has 0 spiro atoms. The molecule has 246 valence electrons. The maximum absolute atomic E-state index is 14.7. The maximum atomic E-state index is 14.7. The Kier molecular flexibility index (Phi) is 11.5. The first-order valence-corrected chi connectivity index (χ1v) is 18.0. The van der Waals surface area contributed by atoms with E-state index >= 15 is 0 Å². The lowest BCUT2D eigenvalue weighted by atomic mass is 9.94. The van der Waals surface area contributed by atoms with Crippen LogP contribution in [0.4, 0.5) is 5.69 Å². The van der Waals surface area contributed by atoms with E-state index in [0.29, 0.717) is 12.1 Å². The van der Waals surface area contributed by atoms with Crippen LogP contribution in [0.25, 0.3) is 0 Å². The van der Waals surface area contributed by atoms with Gasteiger partial charge in [0.2, 0.25) is 11.8 Å². The lowest BCUT2D eigenvalue weighted by Crippen LogP contribution is -2.55.